The minimum absolute atomic E-state index is 0.0376. The van der Waals surface area contributed by atoms with E-state index in [4.69, 9.17) is 0 Å². The Hall–Kier alpha value is -2.42. The molecule has 0 saturated carbocycles. The molecule has 2 amide bonds. The largest absolute Gasteiger partial charge is 0.505 e. The number of nitrogens with zero attached hydrogens (tertiary/aromatic N) is 2. The van der Waals surface area contributed by atoms with Crippen molar-refractivity contribution in [2.45, 2.75) is 35.4 Å². The summed E-state index contributed by atoms with van der Waals surface area (Å²) < 4.78 is -0.257. The van der Waals surface area contributed by atoms with E-state index in [1.165, 1.54) is 12.3 Å². The van der Waals surface area contributed by atoms with Gasteiger partial charge in [0, 0.05) is 30.5 Å². The molecule has 2 heterocycles. The average Bonchev–Trinajstić information content (AvgIpc) is 3.18. The molecule has 0 spiro atoms. The van der Waals surface area contributed by atoms with Crippen LogP contribution in [0.3, 0.4) is 0 Å². The van der Waals surface area contributed by atoms with Crippen LogP contribution in [0.2, 0.25) is 0 Å². The van der Waals surface area contributed by atoms with Crippen molar-refractivity contribution in [3.63, 3.8) is 0 Å². The third-order valence-corrected chi connectivity index (χ3v) is 8.19. The SMILES string of the molecule is O=C(NC1CN(CCCCC2(C(=O)NCC(P)(P)P)c3ccccc3-c3ccccc32)C1)c1ncccc1O. The quantitative estimate of drug-likeness (QED) is 0.251. The van der Waals surface area contributed by atoms with Crippen LogP contribution in [-0.2, 0) is 10.2 Å². The molecule has 1 saturated heterocycles. The summed E-state index contributed by atoms with van der Waals surface area (Å²) in [6, 6.07) is 19.7. The number of fused-ring (bicyclic) bond motifs is 3. The lowest BCUT2D eigenvalue weighted by molar-refractivity contribution is -0.125. The maximum atomic E-state index is 14.0. The number of pyridine rings is 1. The summed E-state index contributed by atoms with van der Waals surface area (Å²) in [5.74, 6) is -0.422. The second kappa shape index (κ2) is 11.6. The van der Waals surface area contributed by atoms with Gasteiger partial charge >= 0.3 is 0 Å². The molecule has 1 aromatic heterocycles. The van der Waals surface area contributed by atoms with Crippen molar-refractivity contribution in [2.24, 2.45) is 0 Å². The monoisotopic (exact) mass is 580 g/mol. The molecule has 0 radical (unpaired) electrons. The van der Waals surface area contributed by atoms with Crippen LogP contribution in [0.25, 0.3) is 11.1 Å². The molecule has 1 aliphatic carbocycles. The number of nitrogens with one attached hydrogen (secondary N) is 2. The number of hydrogen-bond acceptors (Lipinski definition) is 5. The molecular formula is C29H35N4O3P3. The molecule has 7 nitrogen and oxygen atoms in total. The van der Waals surface area contributed by atoms with Crippen molar-refractivity contribution in [3.8, 4) is 16.9 Å². The lowest BCUT2D eigenvalue weighted by Gasteiger charge is -2.39. The van der Waals surface area contributed by atoms with Gasteiger partial charge in [0.2, 0.25) is 5.91 Å². The van der Waals surface area contributed by atoms with E-state index in [9.17, 15) is 14.7 Å². The second-order valence-corrected chi connectivity index (χ2v) is 15.8. The number of unbranched alkanes of at least 4 members (excludes halogenated alkanes) is 1. The van der Waals surface area contributed by atoms with Gasteiger partial charge in [-0.15, -0.1) is 27.7 Å². The van der Waals surface area contributed by atoms with Gasteiger partial charge in [-0.1, -0.05) is 55.0 Å². The van der Waals surface area contributed by atoms with E-state index in [0.29, 0.717) is 6.54 Å². The number of benzene rings is 2. The van der Waals surface area contributed by atoms with E-state index in [1.807, 2.05) is 24.3 Å². The number of carbonyl (C=O) groups excluding carboxylic acids is 2. The third kappa shape index (κ3) is 5.88. The number of aromatic hydroxyl groups is 1. The lowest BCUT2D eigenvalue weighted by Crippen LogP contribution is -2.59. The molecule has 204 valence electrons. The van der Waals surface area contributed by atoms with Crippen LogP contribution in [0.5, 0.6) is 5.75 Å². The Kier molecular flexibility index (Phi) is 8.36. The number of rotatable bonds is 10. The average molecular weight is 581 g/mol. The highest BCUT2D eigenvalue weighted by atomic mass is 31.1. The maximum Gasteiger partial charge on any atom is 0.274 e. The zero-order valence-electron chi connectivity index (χ0n) is 21.8. The van der Waals surface area contributed by atoms with Crippen LogP contribution in [0.1, 0.15) is 40.9 Å². The van der Waals surface area contributed by atoms with Crippen molar-refractivity contribution < 1.29 is 14.7 Å². The van der Waals surface area contributed by atoms with E-state index < -0.39 is 5.41 Å². The van der Waals surface area contributed by atoms with Gasteiger partial charge in [-0.05, 0) is 53.8 Å². The van der Waals surface area contributed by atoms with Crippen molar-refractivity contribution in [3.05, 3.63) is 83.7 Å². The number of amides is 2. The minimum Gasteiger partial charge on any atom is -0.505 e. The van der Waals surface area contributed by atoms with Crippen molar-refractivity contribution in [1.29, 1.82) is 0 Å². The predicted molar refractivity (Wildman–Crippen MR) is 165 cm³/mol. The molecule has 2 aliphatic rings. The molecular weight excluding hydrogens is 545 g/mol. The second-order valence-electron chi connectivity index (χ2n) is 10.5. The summed E-state index contributed by atoms with van der Waals surface area (Å²) in [5, 5.41) is 16.0. The first-order valence-corrected chi connectivity index (χ1v) is 14.9. The summed E-state index contributed by atoms with van der Waals surface area (Å²) in [7, 11) is 8.23. The Morgan fingerprint density at radius 3 is 2.23 bits per heavy atom. The smallest absolute Gasteiger partial charge is 0.274 e. The topological polar surface area (TPSA) is 94.6 Å². The minimum atomic E-state index is -0.728. The van der Waals surface area contributed by atoms with E-state index in [0.717, 1.165) is 61.2 Å². The van der Waals surface area contributed by atoms with E-state index in [2.05, 4.69) is 72.5 Å². The zero-order chi connectivity index (χ0) is 27.6. The molecule has 3 N–H and O–H groups in total. The van der Waals surface area contributed by atoms with Gasteiger partial charge in [0.1, 0.15) is 11.2 Å². The van der Waals surface area contributed by atoms with Gasteiger partial charge in [0.25, 0.3) is 5.91 Å². The first-order chi connectivity index (χ1) is 18.7. The van der Waals surface area contributed by atoms with Gasteiger partial charge < -0.3 is 15.7 Å². The Labute approximate surface area is 236 Å². The van der Waals surface area contributed by atoms with Crippen LogP contribution in [-0.4, -0.2) is 63.7 Å². The summed E-state index contributed by atoms with van der Waals surface area (Å²) in [6.07, 6.45) is 4.05. The first-order valence-electron chi connectivity index (χ1n) is 13.2. The highest BCUT2D eigenvalue weighted by Gasteiger charge is 2.48. The standard InChI is InChI=1S/C29H35N4O3P3/c34-24-12-7-14-30-25(24)26(35)32-19-16-33(17-19)15-6-5-13-28(27(36)31-18-29(37,38)39)22-10-3-1-8-20(22)21-9-2-4-11-23(21)28/h1-4,7-12,14,19,34H,5-6,13,15-18,37-39H2,(H,31,36)(H,32,35). The Balaban J connectivity index is 1.22. The number of aromatic nitrogens is 1. The predicted octanol–water partition coefficient (Wildman–Crippen LogP) is 3.73. The normalized spacial score (nSPS) is 16.2. The molecule has 0 bridgehead atoms. The molecule has 2 aromatic carbocycles. The Morgan fingerprint density at radius 1 is 0.974 bits per heavy atom. The molecule has 1 aliphatic heterocycles. The zero-order valence-corrected chi connectivity index (χ0v) is 25.2. The lowest BCUT2D eigenvalue weighted by atomic mass is 9.73. The van der Waals surface area contributed by atoms with Crippen LogP contribution < -0.4 is 10.6 Å². The van der Waals surface area contributed by atoms with Crippen molar-refractivity contribution >= 4 is 39.5 Å². The van der Waals surface area contributed by atoms with Crippen molar-refractivity contribution in [2.75, 3.05) is 26.2 Å². The van der Waals surface area contributed by atoms with E-state index >= 15 is 0 Å². The van der Waals surface area contributed by atoms with Gasteiger partial charge in [-0.3, -0.25) is 14.5 Å². The van der Waals surface area contributed by atoms with Crippen LogP contribution >= 0.6 is 27.7 Å². The molecule has 39 heavy (non-hydrogen) atoms. The third-order valence-electron chi connectivity index (χ3n) is 7.58. The number of carbonyl (C=O) groups is 2. The Morgan fingerprint density at radius 2 is 1.62 bits per heavy atom. The summed E-state index contributed by atoms with van der Waals surface area (Å²) in [4.78, 5) is 32.7. The van der Waals surface area contributed by atoms with Gasteiger partial charge in [-0.2, -0.15) is 0 Å². The van der Waals surface area contributed by atoms with E-state index in [1.54, 1.807) is 6.07 Å². The van der Waals surface area contributed by atoms with E-state index in [-0.39, 0.29) is 33.9 Å². The summed E-state index contributed by atoms with van der Waals surface area (Å²) in [6.45, 7) is 2.92. The van der Waals surface area contributed by atoms with Gasteiger partial charge in [0.15, 0.2) is 5.69 Å². The molecule has 10 heteroatoms. The summed E-state index contributed by atoms with van der Waals surface area (Å²) in [5.41, 5.74) is 3.76. The van der Waals surface area contributed by atoms with Crippen molar-refractivity contribution in [1.82, 2.24) is 20.5 Å². The summed E-state index contributed by atoms with van der Waals surface area (Å²) >= 11 is 0. The van der Waals surface area contributed by atoms with Crippen LogP contribution in [0.4, 0.5) is 0 Å². The number of likely N-dealkylation sites (tertiary alicyclic amines) is 1. The fraction of sp³-hybridized carbons (Fsp3) is 0.345. The van der Waals surface area contributed by atoms with Gasteiger partial charge in [-0.25, -0.2) is 4.98 Å². The highest BCUT2D eigenvalue weighted by molar-refractivity contribution is 7.57. The molecule has 3 unspecified atom stereocenters. The van der Waals surface area contributed by atoms with Crippen LogP contribution in [0, 0.1) is 0 Å². The first kappa shape index (κ1) is 28.1. The van der Waals surface area contributed by atoms with Crippen LogP contribution in [0.15, 0.2) is 66.9 Å². The van der Waals surface area contributed by atoms with Gasteiger partial charge in [0.05, 0.1) is 6.04 Å². The Bertz CT molecular complexity index is 1330. The molecule has 3 aromatic rings. The number of hydrogen-bond donors (Lipinski definition) is 3. The molecule has 3 atom stereocenters. The molecule has 5 rings (SSSR count). The highest BCUT2D eigenvalue weighted by Crippen LogP contribution is 2.51. The fourth-order valence-electron chi connectivity index (χ4n) is 5.73. The fourth-order valence-corrected chi connectivity index (χ4v) is 6.04. The molecule has 1 fully saturated rings. The maximum absolute atomic E-state index is 14.0.